The average molecular weight is 281 g/mol. The van der Waals surface area contributed by atoms with E-state index in [1.165, 1.54) is 24.5 Å². The molecule has 0 atom stereocenters. The lowest BCUT2D eigenvalue weighted by Crippen LogP contribution is -2.11. The van der Waals surface area contributed by atoms with E-state index in [9.17, 15) is 9.59 Å². The molecule has 2 heterocycles. The third kappa shape index (κ3) is 2.94. The molecule has 2 aromatic rings. The van der Waals surface area contributed by atoms with Crippen molar-refractivity contribution < 1.29 is 9.59 Å². The van der Waals surface area contributed by atoms with E-state index in [0.29, 0.717) is 20.6 Å². The van der Waals surface area contributed by atoms with Crippen LogP contribution in [0, 0.1) is 0 Å². The number of hydrogen-bond acceptors (Lipinski definition) is 4. The van der Waals surface area contributed by atoms with Gasteiger partial charge in [0, 0.05) is 11.8 Å². The number of aromatic nitrogens is 1. The van der Waals surface area contributed by atoms with Gasteiger partial charge in [-0.2, -0.15) is 0 Å². The van der Waals surface area contributed by atoms with E-state index >= 15 is 0 Å². The molecule has 0 aliphatic carbocycles. The Morgan fingerprint density at radius 1 is 1.28 bits per heavy atom. The number of nitrogens with one attached hydrogen (secondary N) is 1. The average Bonchev–Trinajstić information content (AvgIpc) is 2.76. The van der Waals surface area contributed by atoms with Crippen LogP contribution in [0.1, 0.15) is 27.0 Å². The molecule has 6 heteroatoms. The van der Waals surface area contributed by atoms with Gasteiger partial charge in [0.2, 0.25) is 0 Å². The summed E-state index contributed by atoms with van der Waals surface area (Å²) in [7, 11) is 0. The Labute approximate surface area is 113 Å². The number of thiophene rings is 1. The van der Waals surface area contributed by atoms with Gasteiger partial charge in [-0.15, -0.1) is 11.3 Å². The number of amides is 1. The third-order valence-corrected chi connectivity index (χ3v) is 3.44. The van der Waals surface area contributed by atoms with Crippen molar-refractivity contribution in [3.8, 4) is 0 Å². The van der Waals surface area contributed by atoms with Crippen molar-refractivity contribution in [2.45, 2.75) is 6.92 Å². The first-order chi connectivity index (χ1) is 8.56. The molecule has 0 unspecified atom stereocenters. The highest BCUT2D eigenvalue weighted by Crippen LogP contribution is 2.22. The molecule has 0 aromatic carbocycles. The highest BCUT2D eigenvalue weighted by molar-refractivity contribution is 7.18. The van der Waals surface area contributed by atoms with Crippen molar-refractivity contribution in [3.05, 3.63) is 45.2 Å². The van der Waals surface area contributed by atoms with Gasteiger partial charge in [-0.25, -0.2) is 4.98 Å². The Balaban J connectivity index is 2.10. The van der Waals surface area contributed by atoms with E-state index < -0.39 is 0 Å². The fourth-order valence-electron chi connectivity index (χ4n) is 1.29. The van der Waals surface area contributed by atoms with Crippen molar-refractivity contribution in [3.63, 3.8) is 0 Å². The number of nitrogens with zero attached hydrogens (tertiary/aromatic N) is 1. The van der Waals surface area contributed by atoms with Gasteiger partial charge in [0.25, 0.3) is 5.91 Å². The molecule has 0 fully saturated rings. The molecule has 4 nitrogen and oxygen atoms in total. The first-order valence-corrected chi connectivity index (χ1v) is 6.29. The molecule has 18 heavy (non-hydrogen) atoms. The summed E-state index contributed by atoms with van der Waals surface area (Å²) in [6, 6.07) is 6.51. The molecule has 2 aromatic heterocycles. The van der Waals surface area contributed by atoms with E-state index in [2.05, 4.69) is 10.3 Å². The quantitative estimate of drug-likeness (QED) is 0.878. The van der Waals surface area contributed by atoms with Crippen LogP contribution in [-0.2, 0) is 0 Å². The van der Waals surface area contributed by atoms with Gasteiger partial charge in [0.15, 0.2) is 5.78 Å². The standard InChI is InChI=1S/C12H9ClN2O2S/c1-7(16)8-2-5-11(14-6-8)15-12(17)9-3-4-10(13)18-9/h2-6H,1H3,(H,14,15,17). The van der Waals surface area contributed by atoms with Crippen LogP contribution in [0.5, 0.6) is 0 Å². The Morgan fingerprint density at radius 3 is 2.56 bits per heavy atom. The zero-order chi connectivity index (χ0) is 13.1. The van der Waals surface area contributed by atoms with Crippen LogP contribution in [0.2, 0.25) is 4.34 Å². The molecular formula is C12H9ClN2O2S. The maximum absolute atomic E-state index is 11.8. The number of anilines is 1. The van der Waals surface area contributed by atoms with Crippen molar-refractivity contribution in [1.29, 1.82) is 0 Å². The Hall–Kier alpha value is -1.72. The molecule has 0 spiro atoms. The van der Waals surface area contributed by atoms with Crippen molar-refractivity contribution in [2.75, 3.05) is 5.32 Å². The minimum absolute atomic E-state index is 0.0644. The lowest BCUT2D eigenvalue weighted by Gasteiger charge is -2.02. The number of Topliss-reactive ketones (excluding diaryl/α,β-unsaturated/α-hetero) is 1. The number of pyridine rings is 1. The zero-order valence-electron chi connectivity index (χ0n) is 9.44. The highest BCUT2D eigenvalue weighted by Gasteiger charge is 2.09. The lowest BCUT2D eigenvalue weighted by molar-refractivity contribution is 0.101. The van der Waals surface area contributed by atoms with Crippen LogP contribution in [-0.4, -0.2) is 16.7 Å². The van der Waals surface area contributed by atoms with Crippen molar-refractivity contribution in [2.24, 2.45) is 0 Å². The Bertz CT molecular complexity index is 592. The van der Waals surface area contributed by atoms with Gasteiger partial charge in [-0.1, -0.05) is 11.6 Å². The number of hydrogen-bond donors (Lipinski definition) is 1. The molecule has 0 aliphatic rings. The minimum atomic E-state index is -0.269. The molecule has 0 saturated heterocycles. The topological polar surface area (TPSA) is 59.1 Å². The fourth-order valence-corrected chi connectivity index (χ4v) is 2.23. The molecule has 0 saturated carbocycles. The highest BCUT2D eigenvalue weighted by atomic mass is 35.5. The smallest absolute Gasteiger partial charge is 0.266 e. The summed E-state index contributed by atoms with van der Waals surface area (Å²) in [4.78, 5) is 27.3. The fraction of sp³-hybridized carbons (Fsp3) is 0.0833. The summed E-state index contributed by atoms with van der Waals surface area (Å²) in [5.41, 5.74) is 0.507. The van der Waals surface area contributed by atoms with Crippen LogP contribution in [0.15, 0.2) is 30.5 Å². The Morgan fingerprint density at radius 2 is 2.06 bits per heavy atom. The van der Waals surface area contributed by atoms with E-state index in [1.807, 2.05) is 0 Å². The van der Waals surface area contributed by atoms with E-state index in [0.717, 1.165) is 0 Å². The zero-order valence-corrected chi connectivity index (χ0v) is 11.0. The van der Waals surface area contributed by atoms with E-state index in [4.69, 9.17) is 11.6 Å². The molecular weight excluding hydrogens is 272 g/mol. The number of rotatable bonds is 3. The Kier molecular flexibility index (Phi) is 3.74. The summed E-state index contributed by atoms with van der Waals surface area (Å²) in [5, 5.41) is 2.63. The van der Waals surface area contributed by atoms with Crippen LogP contribution >= 0.6 is 22.9 Å². The van der Waals surface area contributed by atoms with E-state index in [-0.39, 0.29) is 11.7 Å². The van der Waals surface area contributed by atoms with Crippen LogP contribution < -0.4 is 5.32 Å². The second-order valence-electron chi connectivity index (χ2n) is 3.55. The number of carbonyl (C=O) groups excluding carboxylic acids is 2. The summed E-state index contributed by atoms with van der Waals surface area (Å²) < 4.78 is 0.556. The SMILES string of the molecule is CC(=O)c1ccc(NC(=O)c2ccc(Cl)s2)nc1. The van der Waals surface area contributed by atoms with Crippen LogP contribution in [0.25, 0.3) is 0 Å². The lowest BCUT2D eigenvalue weighted by atomic mass is 10.2. The van der Waals surface area contributed by atoms with Gasteiger partial charge in [0.1, 0.15) is 5.82 Å². The maximum Gasteiger partial charge on any atom is 0.266 e. The minimum Gasteiger partial charge on any atom is -0.306 e. The first kappa shape index (κ1) is 12.7. The van der Waals surface area contributed by atoms with Gasteiger partial charge in [-0.3, -0.25) is 9.59 Å². The summed E-state index contributed by atoms with van der Waals surface area (Å²) >= 11 is 6.94. The molecule has 0 radical (unpaired) electrons. The predicted octanol–water partition coefficient (Wildman–Crippen LogP) is 3.25. The first-order valence-electron chi connectivity index (χ1n) is 5.10. The third-order valence-electron chi connectivity index (χ3n) is 2.21. The summed E-state index contributed by atoms with van der Waals surface area (Å²) in [5.74, 6) is 0.0647. The normalized spacial score (nSPS) is 10.1. The second-order valence-corrected chi connectivity index (χ2v) is 5.26. The monoisotopic (exact) mass is 280 g/mol. The number of halogens is 1. The van der Waals surface area contributed by atoms with Gasteiger partial charge >= 0.3 is 0 Å². The second kappa shape index (κ2) is 5.29. The molecule has 2 rings (SSSR count). The molecule has 92 valence electrons. The maximum atomic E-state index is 11.8. The summed E-state index contributed by atoms with van der Waals surface area (Å²) in [6.45, 7) is 1.46. The molecule has 0 bridgehead atoms. The van der Waals surface area contributed by atoms with Crippen molar-refractivity contribution in [1.82, 2.24) is 4.98 Å². The molecule has 1 N–H and O–H groups in total. The van der Waals surface area contributed by atoms with Crippen molar-refractivity contribution >= 4 is 40.4 Å². The van der Waals surface area contributed by atoms with Crippen LogP contribution in [0.4, 0.5) is 5.82 Å². The van der Waals surface area contributed by atoms with Gasteiger partial charge in [0.05, 0.1) is 9.21 Å². The van der Waals surface area contributed by atoms with E-state index in [1.54, 1.807) is 24.3 Å². The van der Waals surface area contributed by atoms with Crippen LogP contribution in [0.3, 0.4) is 0 Å². The predicted molar refractivity (Wildman–Crippen MR) is 71.5 cm³/mol. The largest absolute Gasteiger partial charge is 0.306 e. The van der Waals surface area contributed by atoms with Gasteiger partial charge in [-0.05, 0) is 31.2 Å². The molecule has 0 aliphatic heterocycles. The number of ketones is 1. The summed E-state index contributed by atoms with van der Waals surface area (Å²) in [6.07, 6.45) is 1.43. The van der Waals surface area contributed by atoms with Gasteiger partial charge < -0.3 is 5.32 Å². The number of carbonyl (C=O) groups is 2. The molecule has 1 amide bonds.